The zero-order valence-corrected chi connectivity index (χ0v) is 24.8. The molecule has 0 aliphatic rings. The molecule has 3 heterocycles. The van der Waals surface area contributed by atoms with Crippen LogP contribution in [0.3, 0.4) is 0 Å². The Hall–Kier alpha value is -4.38. The number of pyridine rings is 1. The predicted octanol–water partition coefficient (Wildman–Crippen LogP) is 6.64. The minimum atomic E-state index is -2.76. The second-order valence-corrected chi connectivity index (χ2v) is 9.44. The molecule has 0 aliphatic carbocycles. The van der Waals surface area contributed by atoms with Gasteiger partial charge in [0.15, 0.2) is 5.82 Å². The first-order valence-corrected chi connectivity index (χ1v) is 13.3. The summed E-state index contributed by atoms with van der Waals surface area (Å²) in [5.41, 5.74) is 2.96. The number of alkyl halides is 2. The second-order valence-electron chi connectivity index (χ2n) is 9.44. The van der Waals surface area contributed by atoms with E-state index in [1.165, 1.54) is 6.08 Å². The highest BCUT2D eigenvalue weighted by molar-refractivity contribution is 5.66. The number of hydrogen-bond donors (Lipinski definition) is 2. The smallest absolute Gasteiger partial charge is 0.282 e. The van der Waals surface area contributed by atoms with Crippen LogP contribution in [0.25, 0.3) is 17.1 Å². The van der Waals surface area contributed by atoms with Gasteiger partial charge in [0, 0.05) is 68.5 Å². The Balaban J connectivity index is 0.00000144. The first kappa shape index (κ1) is 33.8. The molecule has 1 atom stereocenters. The molecule has 0 unspecified atom stereocenters. The van der Waals surface area contributed by atoms with Gasteiger partial charge < -0.3 is 15.3 Å². The maximum absolute atomic E-state index is 14.3. The third-order valence-electron chi connectivity index (χ3n) is 5.77. The van der Waals surface area contributed by atoms with Crippen molar-refractivity contribution in [1.29, 1.82) is 0 Å². The molecule has 0 aliphatic heterocycles. The van der Waals surface area contributed by atoms with E-state index in [-0.39, 0.29) is 11.4 Å². The Kier molecular flexibility index (Phi) is 13.5. The number of nitrogens with zero attached hydrogens (tertiary/aromatic N) is 6. The van der Waals surface area contributed by atoms with Crippen LogP contribution in [0.5, 0.6) is 0 Å². The normalized spacial score (nSPS) is 12.9. The highest BCUT2D eigenvalue weighted by atomic mass is 19.3. The van der Waals surface area contributed by atoms with Crippen LogP contribution in [0.4, 0.5) is 18.9 Å². The van der Waals surface area contributed by atoms with E-state index in [2.05, 4.69) is 36.8 Å². The molecule has 224 valence electrons. The fraction of sp³-hybridized carbons (Fsp3) is 0.323. The standard InChI is InChI=1S/C28H30F3N7.C3H8O/c1-7-23(29)12-20(18(3)37-24-10-8-17(2)36-26(24)27(30)31)9-11-25(38(5)6)21-13-34-28(35-14-21)22-15-32-19(4)33-16-22;1-2-3-4/h7-16,18,27,37H,1H2,2-6H3;4H,2-3H2,1H3/b20-9-,23-12+,25-11-;/t18-;/m1./s1. The van der Waals surface area contributed by atoms with Gasteiger partial charge in [-0.3, -0.25) is 0 Å². The van der Waals surface area contributed by atoms with Crippen LogP contribution in [0.15, 0.2) is 79.2 Å². The van der Waals surface area contributed by atoms with Crippen molar-refractivity contribution >= 4 is 11.4 Å². The molecule has 3 rings (SSSR count). The first-order valence-electron chi connectivity index (χ1n) is 13.3. The summed E-state index contributed by atoms with van der Waals surface area (Å²) < 4.78 is 41.4. The average molecular weight is 582 g/mol. The van der Waals surface area contributed by atoms with Gasteiger partial charge in [-0.15, -0.1) is 0 Å². The van der Waals surface area contributed by atoms with E-state index in [1.54, 1.807) is 69.8 Å². The Bertz CT molecular complexity index is 1380. The zero-order valence-electron chi connectivity index (χ0n) is 24.8. The summed E-state index contributed by atoms with van der Waals surface area (Å²) in [5.74, 6) is 0.577. The summed E-state index contributed by atoms with van der Waals surface area (Å²) >= 11 is 0. The van der Waals surface area contributed by atoms with E-state index in [9.17, 15) is 13.2 Å². The van der Waals surface area contributed by atoms with Crippen LogP contribution in [-0.2, 0) is 0 Å². The van der Waals surface area contributed by atoms with Gasteiger partial charge in [0.25, 0.3) is 6.43 Å². The van der Waals surface area contributed by atoms with Crippen LogP contribution >= 0.6 is 0 Å². The van der Waals surface area contributed by atoms with Crippen molar-refractivity contribution in [2.75, 3.05) is 26.0 Å². The first-order chi connectivity index (χ1) is 20.0. The fourth-order valence-corrected chi connectivity index (χ4v) is 3.51. The highest BCUT2D eigenvalue weighted by Crippen LogP contribution is 2.27. The van der Waals surface area contributed by atoms with Crippen molar-refractivity contribution < 1.29 is 18.3 Å². The van der Waals surface area contributed by atoms with Crippen molar-refractivity contribution in [3.63, 3.8) is 0 Å². The third-order valence-corrected chi connectivity index (χ3v) is 5.77. The topological polar surface area (TPSA) is 100.0 Å². The molecule has 0 radical (unpaired) electrons. The molecule has 0 saturated heterocycles. The van der Waals surface area contributed by atoms with Crippen LogP contribution in [0.1, 0.15) is 49.5 Å². The maximum Gasteiger partial charge on any atom is 0.282 e. The number of hydrogen-bond acceptors (Lipinski definition) is 8. The van der Waals surface area contributed by atoms with E-state index in [0.29, 0.717) is 35.1 Å². The average Bonchev–Trinajstić information content (AvgIpc) is 2.98. The maximum atomic E-state index is 14.3. The Morgan fingerprint density at radius 1 is 1.05 bits per heavy atom. The minimum Gasteiger partial charge on any atom is -0.396 e. The molecule has 0 amide bonds. The molecule has 0 fully saturated rings. The molecular formula is C31H38F3N7O. The van der Waals surface area contributed by atoms with E-state index in [0.717, 1.165) is 23.8 Å². The van der Waals surface area contributed by atoms with Crippen LogP contribution < -0.4 is 5.32 Å². The number of halogens is 3. The van der Waals surface area contributed by atoms with Crippen LogP contribution in [-0.4, -0.2) is 61.7 Å². The van der Waals surface area contributed by atoms with Gasteiger partial charge in [0.2, 0.25) is 0 Å². The van der Waals surface area contributed by atoms with Crippen LogP contribution in [0, 0.1) is 13.8 Å². The van der Waals surface area contributed by atoms with Gasteiger partial charge in [-0.2, -0.15) is 0 Å². The molecule has 3 aromatic heterocycles. The summed E-state index contributed by atoms with van der Waals surface area (Å²) in [4.78, 5) is 23.0. The monoisotopic (exact) mass is 581 g/mol. The highest BCUT2D eigenvalue weighted by Gasteiger charge is 2.18. The molecular weight excluding hydrogens is 543 g/mol. The largest absolute Gasteiger partial charge is 0.396 e. The van der Waals surface area contributed by atoms with E-state index in [1.807, 2.05) is 25.9 Å². The lowest BCUT2D eigenvalue weighted by Gasteiger charge is -2.20. The predicted molar refractivity (Wildman–Crippen MR) is 161 cm³/mol. The second kappa shape index (κ2) is 16.8. The van der Waals surface area contributed by atoms with E-state index < -0.39 is 18.3 Å². The van der Waals surface area contributed by atoms with Crippen molar-refractivity contribution in [2.24, 2.45) is 0 Å². The summed E-state index contributed by atoms with van der Waals surface area (Å²) in [6.45, 7) is 10.9. The van der Waals surface area contributed by atoms with E-state index in [4.69, 9.17) is 5.11 Å². The Morgan fingerprint density at radius 2 is 1.67 bits per heavy atom. The molecule has 3 aromatic rings. The molecule has 0 saturated carbocycles. The molecule has 11 heteroatoms. The SMILES string of the molecule is C=C\C(F)=C/C(=C/C=C(/c1cnc(-c2cnc(C)nc2)nc1)N(C)C)[C@@H](C)Nc1ccc(C)nc1C(F)F.CCCO. The zero-order chi connectivity index (χ0) is 31.2. The number of nitrogens with one attached hydrogen (secondary N) is 1. The summed E-state index contributed by atoms with van der Waals surface area (Å²) in [6.07, 6.45) is 10.7. The van der Waals surface area contributed by atoms with Gasteiger partial charge in [-0.25, -0.2) is 38.1 Å². The van der Waals surface area contributed by atoms with Crippen molar-refractivity contribution in [3.8, 4) is 11.4 Å². The summed E-state index contributed by atoms with van der Waals surface area (Å²) in [6, 6.07) is 2.65. The van der Waals surface area contributed by atoms with E-state index >= 15 is 0 Å². The van der Waals surface area contributed by atoms with Gasteiger partial charge in [0.05, 0.1) is 11.3 Å². The lowest BCUT2D eigenvalue weighted by molar-refractivity contribution is 0.146. The van der Waals surface area contributed by atoms with Crippen LogP contribution in [0.2, 0.25) is 0 Å². The van der Waals surface area contributed by atoms with Crippen molar-refractivity contribution in [2.45, 2.75) is 46.6 Å². The number of anilines is 1. The number of aliphatic hydroxyl groups is 1. The quantitative estimate of drug-likeness (QED) is 0.243. The third kappa shape index (κ3) is 10.2. The minimum absolute atomic E-state index is 0.178. The summed E-state index contributed by atoms with van der Waals surface area (Å²) in [7, 11) is 3.71. The van der Waals surface area contributed by atoms with Crippen molar-refractivity contribution in [3.05, 3.63) is 102 Å². The lowest BCUT2D eigenvalue weighted by atomic mass is 10.1. The number of aliphatic hydroxyl groups excluding tert-OH is 1. The Morgan fingerprint density at radius 3 is 2.19 bits per heavy atom. The fourth-order valence-electron chi connectivity index (χ4n) is 3.51. The number of aryl methyl sites for hydroxylation is 2. The van der Waals surface area contributed by atoms with Gasteiger partial charge in [-0.1, -0.05) is 19.6 Å². The summed E-state index contributed by atoms with van der Waals surface area (Å²) in [5, 5.41) is 10.9. The number of rotatable bonds is 11. The molecule has 42 heavy (non-hydrogen) atoms. The Labute approximate surface area is 245 Å². The molecule has 0 bridgehead atoms. The van der Waals surface area contributed by atoms with Gasteiger partial charge in [-0.05, 0) is 63.1 Å². The van der Waals surface area contributed by atoms with Crippen molar-refractivity contribution in [1.82, 2.24) is 29.8 Å². The number of allylic oxidation sites excluding steroid dienone is 4. The van der Waals surface area contributed by atoms with Gasteiger partial charge >= 0.3 is 0 Å². The van der Waals surface area contributed by atoms with Gasteiger partial charge in [0.1, 0.15) is 17.3 Å². The number of aromatic nitrogens is 5. The molecule has 2 N–H and O–H groups in total. The lowest BCUT2D eigenvalue weighted by Crippen LogP contribution is -2.19. The molecule has 0 spiro atoms. The molecule has 0 aromatic carbocycles. The molecule has 8 nitrogen and oxygen atoms in total.